The number of hydrogen-bond donors (Lipinski definition) is 0. The number of nitrogens with zero attached hydrogens (tertiary/aromatic N) is 4. The highest BCUT2D eigenvalue weighted by Gasteiger charge is 2.41. The van der Waals surface area contributed by atoms with Crippen LogP contribution in [0, 0.1) is 11.3 Å². The molecule has 0 aromatic rings. The molecule has 0 aromatic heterocycles. The largest absolute Gasteiger partial charge is 0.303 e. The van der Waals surface area contributed by atoms with E-state index in [1.807, 2.05) is 0 Å². The second-order valence-corrected chi connectivity index (χ2v) is 13.9. The van der Waals surface area contributed by atoms with E-state index in [-0.39, 0.29) is 0 Å². The minimum atomic E-state index is 0.340. The van der Waals surface area contributed by atoms with Crippen LogP contribution in [0.1, 0.15) is 92.9 Å². The summed E-state index contributed by atoms with van der Waals surface area (Å²) in [6.07, 6.45) is 11.4. The third-order valence-electron chi connectivity index (χ3n) is 9.61. The lowest BCUT2D eigenvalue weighted by atomic mass is 9.71. The molecule has 0 aromatic carbocycles. The number of rotatable bonds is 3. The molecule has 32 heavy (non-hydrogen) atoms. The van der Waals surface area contributed by atoms with E-state index in [2.05, 4.69) is 61.1 Å². The first-order valence-electron chi connectivity index (χ1n) is 14.0. The van der Waals surface area contributed by atoms with Crippen LogP contribution in [0.4, 0.5) is 0 Å². The van der Waals surface area contributed by atoms with Gasteiger partial charge in [-0.05, 0) is 137 Å². The Morgan fingerprint density at radius 3 is 1.78 bits per heavy atom. The third kappa shape index (κ3) is 6.09. The molecule has 0 bridgehead atoms. The van der Waals surface area contributed by atoms with Gasteiger partial charge >= 0.3 is 0 Å². The molecule has 0 saturated carbocycles. The summed E-state index contributed by atoms with van der Waals surface area (Å²) in [5.41, 5.74) is 1.31. The zero-order valence-corrected chi connectivity index (χ0v) is 22.5. The van der Waals surface area contributed by atoms with E-state index in [4.69, 9.17) is 0 Å². The molecule has 4 heteroatoms. The van der Waals surface area contributed by atoms with Gasteiger partial charge in [-0.3, -0.25) is 9.80 Å². The molecule has 0 N–H and O–H groups in total. The van der Waals surface area contributed by atoms with E-state index < -0.39 is 0 Å². The van der Waals surface area contributed by atoms with Gasteiger partial charge in [0.15, 0.2) is 0 Å². The van der Waals surface area contributed by atoms with Crippen LogP contribution in [0.2, 0.25) is 0 Å². The maximum Gasteiger partial charge on any atom is 0.0125 e. The second kappa shape index (κ2) is 9.84. The van der Waals surface area contributed by atoms with Gasteiger partial charge in [-0.25, -0.2) is 0 Å². The molecular formula is C28H54N4. The topological polar surface area (TPSA) is 13.0 Å². The highest BCUT2D eigenvalue weighted by atomic mass is 15.2. The summed E-state index contributed by atoms with van der Waals surface area (Å²) in [6.45, 7) is 26.3. The van der Waals surface area contributed by atoms with Crippen molar-refractivity contribution in [1.82, 2.24) is 19.6 Å². The van der Waals surface area contributed by atoms with E-state index in [9.17, 15) is 0 Å². The molecule has 4 fully saturated rings. The van der Waals surface area contributed by atoms with Gasteiger partial charge in [0.05, 0.1) is 0 Å². The fourth-order valence-electron chi connectivity index (χ4n) is 7.29. The lowest BCUT2D eigenvalue weighted by molar-refractivity contribution is -0.0128. The van der Waals surface area contributed by atoms with Crippen molar-refractivity contribution in [3.8, 4) is 0 Å². The zero-order valence-electron chi connectivity index (χ0n) is 22.5. The molecule has 4 nitrogen and oxygen atoms in total. The number of piperidine rings is 4. The molecule has 4 heterocycles. The first-order valence-corrected chi connectivity index (χ1v) is 14.0. The van der Waals surface area contributed by atoms with Crippen LogP contribution in [0.25, 0.3) is 0 Å². The zero-order chi connectivity index (χ0) is 23.0. The second-order valence-electron chi connectivity index (χ2n) is 13.9. The minimum Gasteiger partial charge on any atom is -0.303 e. The fourth-order valence-corrected chi connectivity index (χ4v) is 7.29. The molecule has 0 aliphatic carbocycles. The van der Waals surface area contributed by atoms with Crippen molar-refractivity contribution in [1.29, 1.82) is 0 Å². The maximum atomic E-state index is 2.89. The first kappa shape index (κ1) is 24.9. The van der Waals surface area contributed by atoms with Crippen LogP contribution in [-0.4, -0.2) is 95.6 Å². The fraction of sp³-hybridized carbons (Fsp3) is 1.00. The van der Waals surface area contributed by atoms with Gasteiger partial charge in [0.2, 0.25) is 0 Å². The Morgan fingerprint density at radius 2 is 1.22 bits per heavy atom. The van der Waals surface area contributed by atoms with Crippen LogP contribution in [0.15, 0.2) is 0 Å². The molecule has 186 valence electrons. The van der Waals surface area contributed by atoms with Crippen LogP contribution >= 0.6 is 0 Å². The first-order chi connectivity index (χ1) is 15.0. The summed E-state index contributed by atoms with van der Waals surface area (Å²) in [4.78, 5) is 11.2. The van der Waals surface area contributed by atoms with Gasteiger partial charge < -0.3 is 9.80 Å². The smallest absolute Gasteiger partial charge is 0.0125 e. The molecular weight excluding hydrogens is 392 g/mol. The number of hydrogen-bond acceptors (Lipinski definition) is 4. The molecule has 0 unspecified atom stereocenters. The molecule has 4 saturated heterocycles. The van der Waals surface area contributed by atoms with E-state index in [1.54, 1.807) is 0 Å². The van der Waals surface area contributed by atoms with Crippen LogP contribution in [0.3, 0.4) is 0 Å². The van der Waals surface area contributed by atoms with Crippen molar-refractivity contribution < 1.29 is 0 Å². The van der Waals surface area contributed by atoms with E-state index >= 15 is 0 Å². The summed E-state index contributed by atoms with van der Waals surface area (Å²) in [7, 11) is 0. The Bertz CT molecular complexity index is 580. The molecule has 0 radical (unpaired) electrons. The van der Waals surface area contributed by atoms with Gasteiger partial charge in [0.1, 0.15) is 0 Å². The lowest BCUT2D eigenvalue weighted by Crippen LogP contribution is -2.54. The predicted octanol–water partition coefficient (Wildman–Crippen LogP) is 4.94. The van der Waals surface area contributed by atoms with Crippen LogP contribution in [-0.2, 0) is 0 Å². The monoisotopic (exact) mass is 446 g/mol. The standard InChI is InChI=1S/C28H54N4/c1-26(2,3)31-18-10-25(11-19-31)30-16-8-24(9-17-30)22-29-15-7-12-28(23-29)13-20-32(21-14-28)27(4,5)6/h24-25H,7-23H2,1-6H3. The summed E-state index contributed by atoms with van der Waals surface area (Å²) in [5, 5.41) is 0. The Labute approximate surface area is 200 Å². The summed E-state index contributed by atoms with van der Waals surface area (Å²) < 4.78 is 0. The van der Waals surface area contributed by atoms with Crippen molar-refractivity contribution in [3.63, 3.8) is 0 Å². The lowest BCUT2D eigenvalue weighted by Gasteiger charge is -2.51. The van der Waals surface area contributed by atoms with E-state index in [0.717, 1.165) is 12.0 Å². The van der Waals surface area contributed by atoms with Gasteiger partial charge in [0.25, 0.3) is 0 Å². The molecule has 1 spiro atoms. The van der Waals surface area contributed by atoms with Gasteiger partial charge in [0, 0.05) is 43.3 Å². The molecule has 4 rings (SSSR count). The Kier molecular flexibility index (Phi) is 7.67. The summed E-state index contributed by atoms with van der Waals surface area (Å²) in [6, 6.07) is 0.848. The predicted molar refractivity (Wildman–Crippen MR) is 137 cm³/mol. The van der Waals surface area contributed by atoms with Gasteiger partial charge in [-0.1, -0.05) is 0 Å². The van der Waals surface area contributed by atoms with Gasteiger partial charge in [-0.2, -0.15) is 0 Å². The molecule has 0 atom stereocenters. The third-order valence-corrected chi connectivity index (χ3v) is 9.61. The number of likely N-dealkylation sites (tertiary alicyclic amines) is 4. The van der Waals surface area contributed by atoms with Crippen LogP contribution < -0.4 is 0 Å². The normalized spacial score (nSPS) is 29.1. The van der Waals surface area contributed by atoms with Crippen LogP contribution in [0.5, 0.6) is 0 Å². The average Bonchev–Trinajstić information content (AvgIpc) is 2.74. The van der Waals surface area contributed by atoms with E-state index in [1.165, 1.54) is 110 Å². The molecule has 4 aliphatic rings. The molecule has 4 aliphatic heterocycles. The summed E-state index contributed by atoms with van der Waals surface area (Å²) >= 11 is 0. The maximum absolute atomic E-state index is 2.89. The van der Waals surface area contributed by atoms with Crippen molar-refractivity contribution in [2.75, 3.05) is 58.9 Å². The summed E-state index contributed by atoms with van der Waals surface area (Å²) in [5.74, 6) is 0.936. The molecule has 0 amide bonds. The Hall–Kier alpha value is -0.160. The highest BCUT2D eigenvalue weighted by molar-refractivity contribution is 4.95. The SMILES string of the molecule is CC(C)(C)N1CCC(N2CCC(CN3CCCC4(CCN(C(C)(C)C)CC4)C3)CC2)CC1. The van der Waals surface area contributed by atoms with Crippen molar-refractivity contribution in [2.45, 2.75) is 110 Å². The average molecular weight is 447 g/mol. The van der Waals surface area contributed by atoms with Crippen molar-refractivity contribution >= 4 is 0 Å². The van der Waals surface area contributed by atoms with Crippen molar-refractivity contribution in [3.05, 3.63) is 0 Å². The quantitative estimate of drug-likeness (QED) is 0.609. The van der Waals surface area contributed by atoms with E-state index in [0.29, 0.717) is 16.5 Å². The Balaban J connectivity index is 1.20. The minimum absolute atomic E-state index is 0.340. The van der Waals surface area contributed by atoms with Crippen molar-refractivity contribution in [2.24, 2.45) is 11.3 Å². The Morgan fingerprint density at radius 1 is 0.656 bits per heavy atom. The van der Waals surface area contributed by atoms with Gasteiger partial charge in [-0.15, -0.1) is 0 Å². The highest BCUT2D eigenvalue weighted by Crippen LogP contribution is 2.41.